The van der Waals surface area contributed by atoms with Gasteiger partial charge in [-0.2, -0.15) is 0 Å². The maximum Gasteiger partial charge on any atom is 0.119 e. The van der Waals surface area contributed by atoms with Crippen LogP contribution >= 0.6 is 0 Å². The molecule has 2 heteroatoms. The van der Waals surface area contributed by atoms with Crippen LogP contribution in [-0.2, 0) is 5.41 Å². The summed E-state index contributed by atoms with van der Waals surface area (Å²) in [7, 11) is 0. The summed E-state index contributed by atoms with van der Waals surface area (Å²) in [5, 5.41) is 9.42. The van der Waals surface area contributed by atoms with E-state index in [-0.39, 0.29) is 11.5 Å². The molecule has 1 unspecified atom stereocenters. The van der Waals surface area contributed by atoms with Crippen LogP contribution in [0.15, 0.2) is 24.3 Å². The Bertz CT molecular complexity index is 326. The fourth-order valence-corrected chi connectivity index (χ4v) is 1.36. The van der Waals surface area contributed by atoms with Crippen molar-refractivity contribution in [2.75, 3.05) is 6.61 Å². The molecule has 0 bridgehead atoms. The minimum atomic E-state index is -0.377. The second-order valence-electron chi connectivity index (χ2n) is 5.15. The van der Waals surface area contributed by atoms with Crippen molar-refractivity contribution >= 4 is 0 Å². The van der Waals surface area contributed by atoms with Crippen molar-refractivity contribution in [2.45, 2.75) is 45.6 Å². The molecule has 90 valence electrons. The average molecular weight is 222 g/mol. The molecule has 0 aromatic heterocycles. The summed E-state index contributed by atoms with van der Waals surface area (Å²) in [5.41, 5.74) is 1.37. The SMILES string of the molecule is CCC(O)COc1cccc(C(C)(C)C)c1. The van der Waals surface area contributed by atoms with E-state index in [4.69, 9.17) is 4.74 Å². The molecule has 0 radical (unpaired) electrons. The molecule has 0 aliphatic carbocycles. The summed E-state index contributed by atoms with van der Waals surface area (Å²) >= 11 is 0. The van der Waals surface area contributed by atoms with Crippen LogP contribution in [0.4, 0.5) is 0 Å². The fraction of sp³-hybridized carbons (Fsp3) is 0.571. The summed E-state index contributed by atoms with van der Waals surface area (Å²) < 4.78 is 5.54. The van der Waals surface area contributed by atoms with Crippen molar-refractivity contribution in [1.82, 2.24) is 0 Å². The van der Waals surface area contributed by atoms with Crippen LogP contribution in [0, 0.1) is 0 Å². The number of ether oxygens (including phenoxy) is 1. The molecule has 0 aliphatic heterocycles. The Kier molecular flexibility index (Phi) is 4.36. The van der Waals surface area contributed by atoms with Crippen molar-refractivity contribution in [3.8, 4) is 5.75 Å². The van der Waals surface area contributed by atoms with Crippen molar-refractivity contribution in [1.29, 1.82) is 0 Å². The van der Waals surface area contributed by atoms with E-state index in [0.717, 1.165) is 12.2 Å². The van der Waals surface area contributed by atoms with E-state index in [2.05, 4.69) is 26.8 Å². The van der Waals surface area contributed by atoms with Crippen LogP contribution < -0.4 is 4.74 Å². The molecule has 1 rings (SSSR count). The van der Waals surface area contributed by atoms with E-state index in [1.807, 2.05) is 25.1 Å². The van der Waals surface area contributed by atoms with Gasteiger partial charge in [0, 0.05) is 0 Å². The fourth-order valence-electron chi connectivity index (χ4n) is 1.36. The summed E-state index contributed by atoms with van der Waals surface area (Å²) in [5.74, 6) is 0.833. The van der Waals surface area contributed by atoms with Gasteiger partial charge in [-0.15, -0.1) is 0 Å². The standard InChI is InChI=1S/C14H22O2/c1-5-12(15)10-16-13-8-6-7-11(9-13)14(2,3)4/h6-9,12,15H,5,10H2,1-4H3. The van der Waals surface area contributed by atoms with Gasteiger partial charge in [0.05, 0.1) is 6.10 Å². The van der Waals surface area contributed by atoms with Gasteiger partial charge in [-0.1, -0.05) is 39.8 Å². The number of aliphatic hydroxyl groups is 1. The second kappa shape index (κ2) is 5.35. The maximum atomic E-state index is 9.42. The first-order valence-electron chi connectivity index (χ1n) is 5.85. The molecule has 0 aliphatic rings. The van der Waals surface area contributed by atoms with Gasteiger partial charge in [-0.25, -0.2) is 0 Å². The summed E-state index contributed by atoms with van der Waals surface area (Å²) in [4.78, 5) is 0. The molecule has 0 amide bonds. The minimum Gasteiger partial charge on any atom is -0.491 e. The quantitative estimate of drug-likeness (QED) is 0.848. The van der Waals surface area contributed by atoms with Gasteiger partial charge in [0.25, 0.3) is 0 Å². The molecular formula is C14H22O2. The third kappa shape index (κ3) is 3.86. The lowest BCUT2D eigenvalue weighted by Gasteiger charge is -2.20. The van der Waals surface area contributed by atoms with Gasteiger partial charge < -0.3 is 9.84 Å². The third-order valence-corrected chi connectivity index (χ3v) is 2.61. The van der Waals surface area contributed by atoms with Crippen LogP contribution in [0.2, 0.25) is 0 Å². The van der Waals surface area contributed by atoms with Gasteiger partial charge in [0.15, 0.2) is 0 Å². The highest BCUT2D eigenvalue weighted by Crippen LogP contribution is 2.25. The molecule has 16 heavy (non-hydrogen) atoms. The highest BCUT2D eigenvalue weighted by molar-refractivity contribution is 5.32. The van der Waals surface area contributed by atoms with Crippen LogP contribution in [0.3, 0.4) is 0 Å². The predicted molar refractivity (Wildman–Crippen MR) is 66.9 cm³/mol. The minimum absolute atomic E-state index is 0.128. The van der Waals surface area contributed by atoms with Crippen molar-refractivity contribution < 1.29 is 9.84 Å². The summed E-state index contributed by atoms with van der Waals surface area (Å²) in [6, 6.07) is 8.07. The zero-order valence-electron chi connectivity index (χ0n) is 10.7. The Labute approximate surface area is 98.3 Å². The van der Waals surface area contributed by atoms with Crippen molar-refractivity contribution in [3.63, 3.8) is 0 Å². The lowest BCUT2D eigenvalue weighted by molar-refractivity contribution is 0.104. The summed E-state index contributed by atoms with van der Waals surface area (Å²) in [6.07, 6.45) is 0.345. The van der Waals surface area contributed by atoms with Gasteiger partial charge in [-0.3, -0.25) is 0 Å². The molecule has 0 saturated carbocycles. The van der Waals surface area contributed by atoms with E-state index >= 15 is 0 Å². The Morgan fingerprint density at radius 3 is 2.56 bits per heavy atom. The first-order valence-corrected chi connectivity index (χ1v) is 5.85. The molecule has 0 fully saturated rings. The zero-order chi connectivity index (χ0) is 12.2. The number of hydrogen-bond acceptors (Lipinski definition) is 2. The van der Waals surface area contributed by atoms with Gasteiger partial charge in [-0.05, 0) is 29.5 Å². The number of rotatable bonds is 4. The largest absolute Gasteiger partial charge is 0.491 e. The van der Waals surface area contributed by atoms with Crippen LogP contribution in [-0.4, -0.2) is 17.8 Å². The number of benzene rings is 1. The van der Waals surface area contributed by atoms with E-state index in [1.54, 1.807) is 0 Å². The van der Waals surface area contributed by atoms with Crippen LogP contribution in [0.25, 0.3) is 0 Å². The predicted octanol–water partition coefficient (Wildman–Crippen LogP) is 3.13. The monoisotopic (exact) mass is 222 g/mol. The molecular weight excluding hydrogens is 200 g/mol. The number of aliphatic hydroxyl groups excluding tert-OH is 1. The Morgan fingerprint density at radius 2 is 2.00 bits per heavy atom. The molecule has 2 nitrogen and oxygen atoms in total. The summed E-state index contributed by atoms with van der Waals surface area (Å²) in [6.45, 7) is 8.83. The highest BCUT2D eigenvalue weighted by atomic mass is 16.5. The topological polar surface area (TPSA) is 29.5 Å². The van der Waals surface area contributed by atoms with Crippen molar-refractivity contribution in [3.05, 3.63) is 29.8 Å². The molecule has 0 heterocycles. The molecule has 1 atom stereocenters. The Morgan fingerprint density at radius 1 is 1.31 bits per heavy atom. The Balaban J connectivity index is 2.68. The molecule has 1 aromatic rings. The first-order chi connectivity index (χ1) is 7.43. The van der Waals surface area contributed by atoms with E-state index < -0.39 is 0 Å². The number of hydrogen-bond donors (Lipinski definition) is 1. The smallest absolute Gasteiger partial charge is 0.119 e. The third-order valence-electron chi connectivity index (χ3n) is 2.61. The Hall–Kier alpha value is -1.02. The van der Waals surface area contributed by atoms with E-state index in [1.165, 1.54) is 5.56 Å². The highest BCUT2D eigenvalue weighted by Gasteiger charge is 2.14. The molecule has 0 spiro atoms. The zero-order valence-corrected chi connectivity index (χ0v) is 10.7. The second-order valence-corrected chi connectivity index (χ2v) is 5.15. The van der Waals surface area contributed by atoms with Gasteiger partial charge in [0.2, 0.25) is 0 Å². The maximum absolute atomic E-state index is 9.42. The molecule has 1 aromatic carbocycles. The van der Waals surface area contributed by atoms with Gasteiger partial charge >= 0.3 is 0 Å². The lowest BCUT2D eigenvalue weighted by Crippen LogP contribution is -2.16. The van der Waals surface area contributed by atoms with Gasteiger partial charge in [0.1, 0.15) is 12.4 Å². The normalized spacial score (nSPS) is 13.6. The van der Waals surface area contributed by atoms with Crippen LogP contribution in [0.5, 0.6) is 5.75 Å². The van der Waals surface area contributed by atoms with E-state index in [0.29, 0.717) is 6.61 Å². The van der Waals surface area contributed by atoms with Crippen molar-refractivity contribution in [2.24, 2.45) is 0 Å². The molecule has 1 N–H and O–H groups in total. The first kappa shape index (κ1) is 13.0. The lowest BCUT2D eigenvalue weighted by atomic mass is 9.87. The molecule has 0 saturated heterocycles. The average Bonchev–Trinajstić information content (AvgIpc) is 2.25. The van der Waals surface area contributed by atoms with E-state index in [9.17, 15) is 5.11 Å². The van der Waals surface area contributed by atoms with Crippen LogP contribution in [0.1, 0.15) is 39.7 Å².